The molecule has 0 bridgehead atoms. The van der Waals surface area contributed by atoms with E-state index in [4.69, 9.17) is 9.47 Å². The fraction of sp³-hybridized carbons (Fsp3) is 0.409. The molecule has 2 aromatic carbocycles. The molecule has 0 amide bonds. The normalized spacial score (nSPS) is 17.7. The summed E-state index contributed by atoms with van der Waals surface area (Å²) in [6.45, 7) is 5.51. The third-order valence-electron chi connectivity index (χ3n) is 4.68. The Morgan fingerprint density at radius 2 is 1.92 bits per heavy atom. The second kappa shape index (κ2) is 9.39. The number of ether oxygens (including phenoxy) is 2. The van der Waals surface area contributed by atoms with Crippen molar-refractivity contribution >= 4 is 5.97 Å². The van der Waals surface area contributed by atoms with Gasteiger partial charge in [-0.2, -0.15) is 0 Å². The topological polar surface area (TPSA) is 38.8 Å². The first-order valence-corrected chi connectivity index (χ1v) is 9.39. The highest BCUT2D eigenvalue weighted by atomic mass is 16.5. The molecule has 1 atom stereocenters. The Kier molecular flexibility index (Phi) is 6.67. The number of nitrogens with zero attached hydrogens (tertiary/aromatic N) is 1. The van der Waals surface area contributed by atoms with Crippen molar-refractivity contribution in [2.24, 2.45) is 5.92 Å². The Morgan fingerprint density at radius 1 is 1.12 bits per heavy atom. The van der Waals surface area contributed by atoms with Gasteiger partial charge in [-0.05, 0) is 49.6 Å². The van der Waals surface area contributed by atoms with Crippen molar-refractivity contribution in [2.75, 3.05) is 19.7 Å². The summed E-state index contributed by atoms with van der Waals surface area (Å²) in [5.41, 5.74) is 2.37. The molecule has 2 aromatic rings. The van der Waals surface area contributed by atoms with Gasteiger partial charge < -0.3 is 9.47 Å². The first-order valence-electron chi connectivity index (χ1n) is 9.39. The number of esters is 1. The zero-order chi connectivity index (χ0) is 18.2. The van der Waals surface area contributed by atoms with Crippen LogP contribution in [0, 0.1) is 5.92 Å². The monoisotopic (exact) mass is 353 g/mol. The maximum atomic E-state index is 12.0. The second-order valence-corrected chi connectivity index (χ2v) is 6.75. The van der Waals surface area contributed by atoms with Crippen LogP contribution in [0.2, 0.25) is 0 Å². The van der Waals surface area contributed by atoms with Crippen LogP contribution in [0.15, 0.2) is 54.6 Å². The molecular weight excluding hydrogens is 326 g/mol. The molecule has 0 aromatic heterocycles. The molecule has 4 nitrogen and oxygen atoms in total. The average molecular weight is 353 g/mol. The Balaban J connectivity index is 1.55. The van der Waals surface area contributed by atoms with Crippen LogP contribution in [0.3, 0.4) is 0 Å². The molecule has 0 aliphatic carbocycles. The standard InChI is InChI=1S/C22H27NO3/c1-2-25-22(24)20-11-7-13-23(16-20)15-19-10-6-12-21(14-19)26-17-18-8-4-3-5-9-18/h3-6,8-10,12,14,20H,2,7,11,13,15-17H2,1H3/t20-/m0/s1. The van der Waals surface area contributed by atoms with Gasteiger partial charge in [-0.3, -0.25) is 9.69 Å². The van der Waals surface area contributed by atoms with Crippen molar-refractivity contribution in [1.29, 1.82) is 0 Å². The molecule has 26 heavy (non-hydrogen) atoms. The summed E-state index contributed by atoms with van der Waals surface area (Å²) in [6, 6.07) is 18.4. The van der Waals surface area contributed by atoms with Crippen molar-refractivity contribution in [3.05, 3.63) is 65.7 Å². The third-order valence-corrected chi connectivity index (χ3v) is 4.68. The lowest BCUT2D eigenvalue weighted by Gasteiger charge is -2.31. The van der Waals surface area contributed by atoms with Gasteiger partial charge in [0, 0.05) is 13.1 Å². The van der Waals surface area contributed by atoms with Crippen molar-refractivity contribution in [3.63, 3.8) is 0 Å². The molecule has 0 saturated carbocycles. The predicted molar refractivity (Wildman–Crippen MR) is 102 cm³/mol. The smallest absolute Gasteiger partial charge is 0.310 e. The van der Waals surface area contributed by atoms with E-state index >= 15 is 0 Å². The summed E-state index contributed by atoms with van der Waals surface area (Å²) in [4.78, 5) is 14.3. The Bertz CT molecular complexity index is 702. The van der Waals surface area contributed by atoms with Gasteiger partial charge in [-0.15, -0.1) is 0 Å². The van der Waals surface area contributed by atoms with Gasteiger partial charge in [-0.1, -0.05) is 42.5 Å². The van der Waals surface area contributed by atoms with Crippen molar-refractivity contribution in [2.45, 2.75) is 32.9 Å². The third kappa shape index (κ3) is 5.33. The predicted octanol–water partition coefficient (Wildman–Crippen LogP) is 4.04. The summed E-state index contributed by atoms with van der Waals surface area (Å²) in [7, 11) is 0. The minimum absolute atomic E-state index is 0.00112. The number of hydrogen-bond donors (Lipinski definition) is 0. The van der Waals surface area contributed by atoms with Crippen LogP contribution in [0.1, 0.15) is 30.9 Å². The summed E-state index contributed by atoms with van der Waals surface area (Å²) in [6.07, 6.45) is 1.96. The minimum Gasteiger partial charge on any atom is -0.489 e. The fourth-order valence-electron chi connectivity index (χ4n) is 3.38. The molecule has 4 heteroatoms. The number of rotatable bonds is 7. The van der Waals surface area contributed by atoms with Crippen LogP contribution in [0.25, 0.3) is 0 Å². The zero-order valence-electron chi connectivity index (χ0n) is 15.4. The van der Waals surface area contributed by atoms with E-state index in [1.807, 2.05) is 37.3 Å². The van der Waals surface area contributed by atoms with E-state index in [1.54, 1.807) is 0 Å². The maximum absolute atomic E-state index is 12.0. The fourth-order valence-corrected chi connectivity index (χ4v) is 3.38. The molecule has 1 saturated heterocycles. The van der Waals surface area contributed by atoms with Gasteiger partial charge in [0.25, 0.3) is 0 Å². The minimum atomic E-state index is -0.0582. The molecule has 3 rings (SSSR count). The number of piperidine rings is 1. The Hall–Kier alpha value is -2.33. The van der Waals surface area contributed by atoms with E-state index in [1.165, 1.54) is 5.56 Å². The van der Waals surface area contributed by atoms with Crippen molar-refractivity contribution in [1.82, 2.24) is 4.90 Å². The van der Waals surface area contributed by atoms with Crippen molar-refractivity contribution < 1.29 is 14.3 Å². The van der Waals surface area contributed by atoms with E-state index in [-0.39, 0.29) is 11.9 Å². The van der Waals surface area contributed by atoms with Crippen LogP contribution in [-0.4, -0.2) is 30.6 Å². The van der Waals surface area contributed by atoms with Gasteiger partial charge in [-0.25, -0.2) is 0 Å². The van der Waals surface area contributed by atoms with Crippen LogP contribution in [-0.2, 0) is 22.7 Å². The highest BCUT2D eigenvalue weighted by molar-refractivity contribution is 5.72. The van der Waals surface area contributed by atoms with Gasteiger partial charge in [0.2, 0.25) is 0 Å². The Morgan fingerprint density at radius 3 is 2.73 bits per heavy atom. The lowest BCUT2D eigenvalue weighted by molar-refractivity contribution is -0.150. The second-order valence-electron chi connectivity index (χ2n) is 6.75. The number of carbonyl (C=O) groups is 1. The summed E-state index contributed by atoms with van der Waals surface area (Å²) in [5, 5.41) is 0. The highest BCUT2D eigenvalue weighted by Gasteiger charge is 2.26. The van der Waals surface area contributed by atoms with E-state index in [0.717, 1.165) is 43.8 Å². The van der Waals surface area contributed by atoms with Gasteiger partial charge >= 0.3 is 5.97 Å². The number of hydrogen-bond acceptors (Lipinski definition) is 4. The molecule has 138 valence electrons. The highest BCUT2D eigenvalue weighted by Crippen LogP contribution is 2.22. The lowest BCUT2D eigenvalue weighted by Crippen LogP contribution is -2.38. The van der Waals surface area contributed by atoms with Crippen LogP contribution < -0.4 is 4.74 Å². The van der Waals surface area contributed by atoms with E-state index in [0.29, 0.717) is 13.2 Å². The van der Waals surface area contributed by atoms with E-state index < -0.39 is 0 Å². The molecule has 1 fully saturated rings. The van der Waals surface area contributed by atoms with Crippen LogP contribution in [0.5, 0.6) is 5.75 Å². The van der Waals surface area contributed by atoms with Crippen molar-refractivity contribution in [3.8, 4) is 5.75 Å². The zero-order valence-corrected chi connectivity index (χ0v) is 15.4. The molecule has 0 spiro atoms. The average Bonchev–Trinajstić information content (AvgIpc) is 2.68. The summed E-state index contributed by atoms with van der Waals surface area (Å²) >= 11 is 0. The molecule has 1 heterocycles. The SMILES string of the molecule is CCOC(=O)[C@H]1CCCN(Cc2cccc(OCc3ccccc3)c2)C1. The molecule has 0 N–H and O–H groups in total. The van der Waals surface area contributed by atoms with E-state index in [9.17, 15) is 4.79 Å². The van der Waals surface area contributed by atoms with E-state index in [2.05, 4.69) is 29.2 Å². The molecule has 1 aliphatic heterocycles. The summed E-state index contributed by atoms with van der Waals surface area (Å²) in [5.74, 6) is 0.823. The molecule has 1 aliphatic rings. The number of benzene rings is 2. The molecular formula is C22H27NO3. The van der Waals surface area contributed by atoms with Crippen LogP contribution in [0.4, 0.5) is 0 Å². The quantitative estimate of drug-likeness (QED) is 0.704. The molecule has 0 unspecified atom stereocenters. The van der Waals surface area contributed by atoms with Gasteiger partial charge in [0.1, 0.15) is 12.4 Å². The van der Waals surface area contributed by atoms with Gasteiger partial charge in [0.15, 0.2) is 0 Å². The largest absolute Gasteiger partial charge is 0.489 e. The number of carbonyl (C=O) groups excluding carboxylic acids is 1. The lowest BCUT2D eigenvalue weighted by atomic mass is 9.97. The first kappa shape index (κ1) is 18.5. The van der Waals surface area contributed by atoms with Crippen LogP contribution >= 0.6 is 0 Å². The summed E-state index contributed by atoms with van der Waals surface area (Å²) < 4.78 is 11.1. The maximum Gasteiger partial charge on any atom is 0.310 e. The Labute approximate surface area is 155 Å². The van der Waals surface area contributed by atoms with Gasteiger partial charge in [0.05, 0.1) is 12.5 Å². The first-order chi connectivity index (χ1) is 12.7. The molecule has 0 radical (unpaired) electrons. The number of likely N-dealkylation sites (tertiary alicyclic amines) is 1.